The minimum absolute atomic E-state index is 0.185. The molecule has 0 heterocycles. The molecule has 0 aliphatic heterocycles. The summed E-state index contributed by atoms with van der Waals surface area (Å²) in [6, 6.07) is 0. The Bertz CT molecular complexity index is 76.0. The van der Waals surface area contributed by atoms with E-state index in [1.54, 1.807) is 0 Å². The second kappa shape index (κ2) is 5.75. The van der Waals surface area contributed by atoms with Crippen LogP contribution in [0, 0.1) is 0 Å². The first kappa shape index (κ1) is 9.98. The molecule has 1 N–H and O–H groups in total. The van der Waals surface area contributed by atoms with Gasteiger partial charge in [0.15, 0.2) is 0 Å². The highest BCUT2D eigenvalue weighted by Gasteiger charge is 2.11. The molecular weight excluding hydrogens is 125 g/mol. The average Bonchev–Trinajstić information content (AvgIpc) is 1.99. The van der Waals surface area contributed by atoms with E-state index >= 15 is 0 Å². The monoisotopic (exact) mass is 143 g/mol. The Labute approximate surface area is 64.5 Å². The summed E-state index contributed by atoms with van der Waals surface area (Å²) in [5.74, 6) is 0. The van der Waals surface area contributed by atoms with E-state index in [2.05, 4.69) is 19.2 Å². The molecule has 0 aliphatic rings. The summed E-state index contributed by atoms with van der Waals surface area (Å²) in [5, 5.41) is 3.04. The van der Waals surface area contributed by atoms with E-state index in [0.717, 1.165) is 12.6 Å². The Hall–Kier alpha value is -0.0151. The third-order valence-electron chi connectivity index (χ3n) is 1.71. The standard InChI is InChI=1S/C7H18BNO/c1-5-8(6-2)10-7(3)9-4/h7,9H,5-6H2,1-4H3. The predicted octanol–water partition coefficient (Wildman–Crippen LogP) is 1.60. The van der Waals surface area contributed by atoms with Crippen molar-refractivity contribution in [2.24, 2.45) is 0 Å². The Morgan fingerprint density at radius 2 is 1.90 bits per heavy atom. The lowest BCUT2D eigenvalue weighted by molar-refractivity contribution is 0.192. The van der Waals surface area contributed by atoms with Gasteiger partial charge in [-0.05, 0) is 14.0 Å². The molecule has 0 aliphatic carbocycles. The van der Waals surface area contributed by atoms with Crippen LogP contribution in [-0.2, 0) is 4.65 Å². The van der Waals surface area contributed by atoms with Crippen LogP contribution in [0.3, 0.4) is 0 Å². The van der Waals surface area contributed by atoms with Gasteiger partial charge in [0.05, 0.1) is 6.23 Å². The van der Waals surface area contributed by atoms with Crippen LogP contribution in [-0.4, -0.2) is 20.2 Å². The maximum atomic E-state index is 5.59. The van der Waals surface area contributed by atoms with Crippen molar-refractivity contribution in [1.29, 1.82) is 0 Å². The fraction of sp³-hybridized carbons (Fsp3) is 1.00. The molecule has 2 nitrogen and oxygen atoms in total. The van der Waals surface area contributed by atoms with Gasteiger partial charge >= 0.3 is 0 Å². The van der Waals surface area contributed by atoms with Crippen molar-refractivity contribution in [1.82, 2.24) is 5.32 Å². The zero-order chi connectivity index (χ0) is 7.98. The van der Waals surface area contributed by atoms with Gasteiger partial charge in [0.1, 0.15) is 0 Å². The molecule has 0 aromatic carbocycles. The third-order valence-corrected chi connectivity index (χ3v) is 1.71. The molecule has 10 heavy (non-hydrogen) atoms. The van der Waals surface area contributed by atoms with Crippen molar-refractivity contribution in [2.75, 3.05) is 7.05 Å². The Morgan fingerprint density at radius 1 is 1.40 bits per heavy atom. The minimum atomic E-state index is 0.185. The van der Waals surface area contributed by atoms with Crippen molar-refractivity contribution in [3.63, 3.8) is 0 Å². The summed E-state index contributed by atoms with van der Waals surface area (Å²) in [5.41, 5.74) is 0. The molecule has 3 heteroatoms. The van der Waals surface area contributed by atoms with Gasteiger partial charge in [-0.1, -0.05) is 26.5 Å². The highest BCUT2D eigenvalue weighted by Crippen LogP contribution is 2.01. The SMILES string of the molecule is CCB(CC)OC(C)NC. The predicted molar refractivity (Wildman–Crippen MR) is 46.3 cm³/mol. The van der Waals surface area contributed by atoms with Crippen LogP contribution in [0.1, 0.15) is 20.8 Å². The van der Waals surface area contributed by atoms with Crippen LogP contribution in [0.25, 0.3) is 0 Å². The highest BCUT2D eigenvalue weighted by atomic mass is 16.5. The molecule has 60 valence electrons. The van der Waals surface area contributed by atoms with Crippen molar-refractivity contribution < 1.29 is 4.65 Å². The summed E-state index contributed by atoms with van der Waals surface area (Å²) >= 11 is 0. The molecule has 1 atom stereocenters. The smallest absolute Gasteiger partial charge is 0.294 e. The Balaban J connectivity index is 3.41. The Morgan fingerprint density at radius 3 is 2.20 bits per heavy atom. The quantitative estimate of drug-likeness (QED) is 0.466. The summed E-state index contributed by atoms with van der Waals surface area (Å²) in [6.45, 7) is 6.74. The van der Waals surface area contributed by atoms with Crippen LogP contribution in [0.5, 0.6) is 0 Å². The summed E-state index contributed by atoms with van der Waals surface area (Å²) in [4.78, 5) is 0. The fourth-order valence-corrected chi connectivity index (χ4v) is 0.838. The van der Waals surface area contributed by atoms with Crippen LogP contribution in [0.15, 0.2) is 0 Å². The van der Waals surface area contributed by atoms with E-state index in [4.69, 9.17) is 4.65 Å². The number of rotatable bonds is 5. The van der Waals surface area contributed by atoms with Gasteiger partial charge in [0.2, 0.25) is 0 Å². The van der Waals surface area contributed by atoms with E-state index in [9.17, 15) is 0 Å². The maximum Gasteiger partial charge on any atom is 0.294 e. The molecule has 0 aromatic rings. The van der Waals surface area contributed by atoms with Gasteiger partial charge in [0.25, 0.3) is 6.92 Å². The lowest BCUT2D eigenvalue weighted by Crippen LogP contribution is -2.31. The molecular formula is C7H18BNO. The Kier molecular flexibility index (Phi) is 5.74. The number of hydrogen-bond acceptors (Lipinski definition) is 2. The first-order valence-corrected chi connectivity index (χ1v) is 4.07. The lowest BCUT2D eigenvalue weighted by atomic mass is 9.62. The zero-order valence-corrected chi connectivity index (χ0v) is 7.48. The van der Waals surface area contributed by atoms with E-state index in [0.29, 0.717) is 6.92 Å². The zero-order valence-electron chi connectivity index (χ0n) is 7.48. The van der Waals surface area contributed by atoms with Crippen molar-refractivity contribution in [2.45, 2.75) is 39.6 Å². The van der Waals surface area contributed by atoms with Gasteiger partial charge in [0, 0.05) is 0 Å². The molecule has 0 fully saturated rings. The fourth-order valence-electron chi connectivity index (χ4n) is 0.838. The maximum absolute atomic E-state index is 5.59. The largest absolute Gasteiger partial charge is 0.422 e. The first-order chi connectivity index (χ1) is 4.74. The molecule has 0 bridgehead atoms. The second-order valence-electron chi connectivity index (χ2n) is 2.51. The van der Waals surface area contributed by atoms with E-state index in [1.807, 2.05) is 14.0 Å². The van der Waals surface area contributed by atoms with Gasteiger partial charge in [-0.3, -0.25) is 5.32 Å². The summed E-state index contributed by atoms with van der Waals surface area (Å²) < 4.78 is 5.59. The summed E-state index contributed by atoms with van der Waals surface area (Å²) in [6.07, 6.45) is 2.38. The lowest BCUT2D eigenvalue weighted by Gasteiger charge is -2.16. The molecule has 0 radical (unpaired) electrons. The molecule has 0 saturated heterocycles. The summed E-state index contributed by atoms with van der Waals surface area (Å²) in [7, 11) is 1.91. The first-order valence-electron chi connectivity index (χ1n) is 4.07. The highest BCUT2D eigenvalue weighted by molar-refractivity contribution is 6.51. The van der Waals surface area contributed by atoms with Crippen LogP contribution >= 0.6 is 0 Å². The minimum Gasteiger partial charge on any atom is -0.422 e. The average molecular weight is 143 g/mol. The van der Waals surface area contributed by atoms with Gasteiger partial charge in [-0.25, -0.2) is 0 Å². The van der Waals surface area contributed by atoms with E-state index in [1.165, 1.54) is 0 Å². The van der Waals surface area contributed by atoms with Gasteiger partial charge in [-0.2, -0.15) is 0 Å². The van der Waals surface area contributed by atoms with Crippen LogP contribution < -0.4 is 5.32 Å². The number of hydrogen-bond donors (Lipinski definition) is 1. The molecule has 0 rings (SSSR count). The van der Waals surface area contributed by atoms with Crippen molar-refractivity contribution in [3.05, 3.63) is 0 Å². The van der Waals surface area contributed by atoms with Gasteiger partial charge < -0.3 is 4.65 Å². The third kappa shape index (κ3) is 3.91. The van der Waals surface area contributed by atoms with E-state index in [-0.39, 0.29) is 6.23 Å². The molecule has 0 aromatic heterocycles. The molecule has 0 amide bonds. The molecule has 1 unspecified atom stereocenters. The van der Waals surface area contributed by atoms with E-state index < -0.39 is 0 Å². The van der Waals surface area contributed by atoms with Crippen LogP contribution in [0.4, 0.5) is 0 Å². The van der Waals surface area contributed by atoms with Gasteiger partial charge in [-0.15, -0.1) is 0 Å². The van der Waals surface area contributed by atoms with Crippen molar-refractivity contribution >= 4 is 6.92 Å². The topological polar surface area (TPSA) is 21.3 Å². The molecule has 0 spiro atoms. The van der Waals surface area contributed by atoms with Crippen molar-refractivity contribution in [3.8, 4) is 0 Å². The van der Waals surface area contributed by atoms with Crippen LogP contribution in [0.2, 0.25) is 12.6 Å². The number of nitrogens with one attached hydrogen (secondary N) is 1. The second-order valence-corrected chi connectivity index (χ2v) is 2.51. The normalized spacial score (nSPS) is 13.2. The molecule has 0 saturated carbocycles.